The third-order valence-electron chi connectivity index (χ3n) is 4.92. The zero-order valence-electron chi connectivity index (χ0n) is 13.9. The molecule has 23 heavy (non-hydrogen) atoms. The van der Waals surface area contributed by atoms with E-state index in [0.29, 0.717) is 12.5 Å². The van der Waals surface area contributed by atoms with Gasteiger partial charge in [0.1, 0.15) is 5.60 Å². The second-order valence-electron chi connectivity index (χ2n) is 6.66. The number of aliphatic hydroxyl groups is 1. The number of rotatable bonds is 6. The van der Waals surface area contributed by atoms with E-state index in [2.05, 4.69) is 13.8 Å². The number of aliphatic imine (C=N–C) groups is 1. The molecule has 120 valence electrons. The zero-order valence-corrected chi connectivity index (χ0v) is 13.9. The number of hydrogen-bond acceptors (Lipinski definition) is 2. The van der Waals surface area contributed by atoms with Gasteiger partial charge < -0.3 is 5.11 Å². The highest BCUT2D eigenvalue weighted by Crippen LogP contribution is 2.37. The summed E-state index contributed by atoms with van der Waals surface area (Å²) in [5.41, 5.74) is 2.08. The molecule has 1 unspecified atom stereocenters. The molecular weight excluding hydrogens is 282 g/mol. The Morgan fingerprint density at radius 1 is 1.04 bits per heavy atom. The Morgan fingerprint density at radius 3 is 1.96 bits per heavy atom. The van der Waals surface area contributed by atoms with E-state index in [1.165, 1.54) is 18.6 Å². The van der Waals surface area contributed by atoms with Crippen LogP contribution in [0.4, 0.5) is 0 Å². The molecule has 0 heterocycles. The SMILES string of the molecule is CC(=NCC(C)C(O)(c1ccccc1)c1ccccc1)C1CC1. The lowest BCUT2D eigenvalue weighted by molar-refractivity contribution is 0.0279. The molecule has 3 rings (SSSR count). The monoisotopic (exact) mass is 307 g/mol. The van der Waals surface area contributed by atoms with E-state index in [9.17, 15) is 5.11 Å². The smallest absolute Gasteiger partial charge is 0.119 e. The Balaban J connectivity index is 1.93. The van der Waals surface area contributed by atoms with Crippen LogP contribution >= 0.6 is 0 Å². The molecule has 1 atom stereocenters. The van der Waals surface area contributed by atoms with Crippen LogP contribution in [0.25, 0.3) is 0 Å². The molecule has 0 aromatic heterocycles. The first-order chi connectivity index (χ1) is 11.1. The molecule has 0 bridgehead atoms. The van der Waals surface area contributed by atoms with Crippen LogP contribution in [0.3, 0.4) is 0 Å². The topological polar surface area (TPSA) is 32.6 Å². The van der Waals surface area contributed by atoms with Crippen molar-refractivity contribution in [3.05, 3.63) is 71.8 Å². The minimum Gasteiger partial charge on any atom is -0.380 e. The first-order valence-corrected chi connectivity index (χ1v) is 8.46. The van der Waals surface area contributed by atoms with Gasteiger partial charge in [0.25, 0.3) is 0 Å². The van der Waals surface area contributed by atoms with E-state index in [1.54, 1.807) is 0 Å². The van der Waals surface area contributed by atoms with Gasteiger partial charge in [-0.2, -0.15) is 0 Å². The standard InChI is InChI=1S/C21H25NO/c1-16(15-22-17(2)18-13-14-18)21(23,19-9-5-3-6-10-19)20-11-7-4-8-12-20/h3-12,16,18,23H,13-15H2,1-2H3. The summed E-state index contributed by atoms with van der Waals surface area (Å²) in [6.45, 7) is 4.85. The zero-order chi connectivity index (χ0) is 16.3. The van der Waals surface area contributed by atoms with Crippen molar-refractivity contribution < 1.29 is 5.11 Å². The maximum Gasteiger partial charge on any atom is 0.119 e. The molecule has 2 aromatic rings. The van der Waals surface area contributed by atoms with Crippen molar-refractivity contribution in [1.29, 1.82) is 0 Å². The summed E-state index contributed by atoms with van der Waals surface area (Å²) in [6.07, 6.45) is 2.54. The lowest BCUT2D eigenvalue weighted by Crippen LogP contribution is -2.36. The predicted octanol–water partition coefficient (Wildman–Crippen LogP) is 4.43. The molecule has 0 spiro atoms. The fraction of sp³-hybridized carbons (Fsp3) is 0.381. The predicted molar refractivity (Wildman–Crippen MR) is 95.7 cm³/mol. The fourth-order valence-corrected chi connectivity index (χ4v) is 3.16. The van der Waals surface area contributed by atoms with Crippen LogP contribution in [0.2, 0.25) is 0 Å². The van der Waals surface area contributed by atoms with Crippen molar-refractivity contribution >= 4 is 5.71 Å². The van der Waals surface area contributed by atoms with Crippen LogP contribution in [0.1, 0.15) is 37.8 Å². The highest BCUT2D eigenvalue weighted by Gasteiger charge is 2.37. The summed E-state index contributed by atoms with van der Waals surface area (Å²) in [5, 5.41) is 11.6. The normalized spacial score (nSPS) is 17.1. The van der Waals surface area contributed by atoms with Gasteiger partial charge in [0.2, 0.25) is 0 Å². The third kappa shape index (κ3) is 3.37. The minimum atomic E-state index is -1.02. The van der Waals surface area contributed by atoms with Gasteiger partial charge in [-0.25, -0.2) is 0 Å². The molecule has 1 fully saturated rings. The lowest BCUT2D eigenvalue weighted by atomic mass is 9.77. The third-order valence-corrected chi connectivity index (χ3v) is 4.92. The van der Waals surface area contributed by atoms with Crippen molar-refractivity contribution in [3.63, 3.8) is 0 Å². The van der Waals surface area contributed by atoms with Crippen LogP contribution in [-0.2, 0) is 5.60 Å². The lowest BCUT2D eigenvalue weighted by Gasteiger charge is -2.35. The molecular formula is C21H25NO. The van der Waals surface area contributed by atoms with Gasteiger partial charge in [0.15, 0.2) is 0 Å². The van der Waals surface area contributed by atoms with Crippen molar-refractivity contribution in [2.24, 2.45) is 16.8 Å². The van der Waals surface area contributed by atoms with Crippen molar-refractivity contribution in [2.75, 3.05) is 6.54 Å². The molecule has 1 aliphatic carbocycles. The van der Waals surface area contributed by atoms with Crippen molar-refractivity contribution in [3.8, 4) is 0 Å². The highest BCUT2D eigenvalue weighted by molar-refractivity contribution is 5.86. The number of benzene rings is 2. The van der Waals surface area contributed by atoms with Gasteiger partial charge in [-0.3, -0.25) is 4.99 Å². The molecule has 0 aliphatic heterocycles. The average Bonchev–Trinajstić information content (AvgIpc) is 3.45. The molecule has 2 heteroatoms. The van der Waals surface area contributed by atoms with E-state index in [-0.39, 0.29) is 5.92 Å². The minimum absolute atomic E-state index is 0.000926. The molecule has 0 radical (unpaired) electrons. The Hall–Kier alpha value is -1.93. The Bertz CT molecular complexity index is 619. The maximum absolute atomic E-state index is 11.6. The van der Waals surface area contributed by atoms with Crippen molar-refractivity contribution in [2.45, 2.75) is 32.3 Å². The number of hydrogen-bond donors (Lipinski definition) is 1. The van der Waals surface area contributed by atoms with Gasteiger partial charge in [-0.1, -0.05) is 67.6 Å². The van der Waals surface area contributed by atoms with Crippen LogP contribution in [0.15, 0.2) is 65.7 Å². The van der Waals surface area contributed by atoms with Gasteiger partial charge in [0.05, 0.1) is 0 Å². The van der Waals surface area contributed by atoms with Crippen LogP contribution < -0.4 is 0 Å². The summed E-state index contributed by atoms with van der Waals surface area (Å²) < 4.78 is 0. The number of nitrogens with zero attached hydrogens (tertiary/aromatic N) is 1. The molecule has 2 aromatic carbocycles. The summed E-state index contributed by atoms with van der Waals surface area (Å²) in [5.74, 6) is 0.685. The quantitative estimate of drug-likeness (QED) is 0.787. The summed E-state index contributed by atoms with van der Waals surface area (Å²) in [7, 11) is 0. The van der Waals surface area contributed by atoms with Gasteiger partial charge in [-0.15, -0.1) is 0 Å². The van der Waals surface area contributed by atoms with E-state index in [4.69, 9.17) is 4.99 Å². The Kier molecular flexibility index (Phi) is 4.63. The van der Waals surface area contributed by atoms with Gasteiger partial charge in [-0.05, 0) is 36.8 Å². The summed E-state index contributed by atoms with van der Waals surface area (Å²) >= 11 is 0. The molecule has 0 saturated heterocycles. The van der Waals surface area contributed by atoms with Crippen molar-refractivity contribution in [1.82, 2.24) is 0 Å². The largest absolute Gasteiger partial charge is 0.380 e. The summed E-state index contributed by atoms with van der Waals surface area (Å²) in [4.78, 5) is 4.76. The van der Waals surface area contributed by atoms with E-state index in [1.807, 2.05) is 60.7 Å². The van der Waals surface area contributed by atoms with Crippen LogP contribution in [-0.4, -0.2) is 17.4 Å². The van der Waals surface area contributed by atoms with Gasteiger partial charge in [0, 0.05) is 18.2 Å². The average molecular weight is 307 g/mol. The molecule has 1 N–H and O–H groups in total. The molecule has 1 aliphatic rings. The second-order valence-corrected chi connectivity index (χ2v) is 6.66. The first-order valence-electron chi connectivity index (χ1n) is 8.46. The first kappa shape index (κ1) is 15.9. The second kappa shape index (κ2) is 6.67. The van der Waals surface area contributed by atoms with E-state index in [0.717, 1.165) is 11.1 Å². The Morgan fingerprint density at radius 2 is 1.52 bits per heavy atom. The molecule has 0 amide bonds. The van der Waals surface area contributed by atoms with E-state index >= 15 is 0 Å². The highest BCUT2D eigenvalue weighted by atomic mass is 16.3. The van der Waals surface area contributed by atoms with Crippen LogP contribution in [0, 0.1) is 11.8 Å². The maximum atomic E-state index is 11.6. The van der Waals surface area contributed by atoms with Gasteiger partial charge >= 0.3 is 0 Å². The Labute approximate surface area is 138 Å². The van der Waals surface area contributed by atoms with E-state index < -0.39 is 5.60 Å². The fourth-order valence-electron chi connectivity index (χ4n) is 3.16. The molecule has 2 nitrogen and oxygen atoms in total. The molecule has 1 saturated carbocycles. The summed E-state index contributed by atoms with van der Waals surface area (Å²) in [6, 6.07) is 19.9. The van der Waals surface area contributed by atoms with Crippen LogP contribution in [0.5, 0.6) is 0 Å².